The van der Waals surface area contributed by atoms with Gasteiger partial charge in [0, 0.05) is 11.1 Å². The van der Waals surface area contributed by atoms with Crippen LogP contribution in [0.5, 0.6) is 0 Å². The molecule has 19 heavy (non-hydrogen) atoms. The molecule has 3 nitrogen and oxygen atoms in total. The molecule has 0 spiro atoms. The molecule has 2 atom stereocenters. The molecule has 2 unspecified atom stereocenters. The third-order valence-corrected chi connectivity index (χ3v) is 5.72. The maximum absolute atomic E-state index is 11.6. The van der Waals surface area contributed by atoms with E-state index < -0.39 is 9.84 Å². The SMILES string of the molecule is CCNC(Cc1ccc(Cl)cc1)C1CCS(=O)(=O)C1. The Kier molecular flexibility index (Phi) is 4.87. The second-order valence-electron chi connectivity index (χ2n) is 5.16. The smallest absolute Gasteiger partial charge is 0.150 e. The summed E-state index contributed by atoms with van der Waals surface area (Å²) in [6, 6.07) is 8.01. The highest BCUT2D eigenvalue weighted by Gasteiger charge is 2.33. The maximum atomic E-state index is 11.6. The van der Waals surface area contributed by atoms with Crippen LogP contribution in [0.15, 0.2) is 24.3 Å². The van der Waals surface area contributed by atoms with Gasteiger partial charge in [0.05, 0.1) is 11.5 Å². The Labute approximate surface area is 120 Å². The largest absolute Gasteiger partial charge is 0.314 e. The molecule has 2 rings (SSSR count). The Morgan fingerprint density at radius 2 is 2.05 bits per heavy atom. The van der Waals surface area contributed by atoms with E-state index >= 15 is 0 Å². The Hall–Kier alpha value is -0.580. The number of halogens is 1. The molecule has 106 valence electrons. The predicted molar refractivity (Wildman–Crippen MR) is 79.4 cm³/mol. The van der Waals surface area contributed by atoms with Crippen LogP contribution in [0.1, 0.15) is 18.9 Å². The topological polar surface area (TPSA) is 46.2 Å². The number of nitrogens with one attached hydrogen (secondary N) is 1. The first-order valence-corrected chi connectivity index (χ1v) is 8.88. The van der Waals surface area contributed by atoms with Crippen molar-refractivity contribution >= 4 is 21.4 Å². The van der Waals surface area contributed by atoms with Crippen molar-refractivity contribution in [1.82, 2.24) is 5.32 Å². The number of likely N-dealkylation sites (N-methyl/N-ethyl adjacent to an activating group) is 1. The number of hydrogen-bond donors (Lipinski definition) is 1. The molecule has 1 aliphatic rings. The van der Waals surface area contributed by atoms with Crippen LogP contribution in [0, 0.1) is 5.92 Å². The van der Waals surface area contributed by atoms with E-state index in [1.165, 1.54) is 5.56 Å². The summed E-state index contributed by atoms with van der Waals surface area (Å²) in [5.41, 5.74) is 1.19. The van der Waals surface area contributed by atoms with Gasteiger partial charge in [0.2, 0.25) is 0 Å². The van der Waals surface area contributed by atoms with E-state index in [0.29, 0.717) is 11.5 Å². The van der Waals surface area contributed by atoms with E-state index in [1.54, 1.807) is 0 Å². The summed E-state index contributed by atoms with van der Waals surface area (Å²) in [7, 11) is -2.82. The Morgan fingerprint density at radius 1 is 1.37 bits per heavy atom. The molecule has 1 aromatic rings. The minimum Gasteiger partial charge on any atom is -0.314 e. The van der Waals surface area contributed by atoms with Crippen molar-refractivity contribution in [3.8, 4) is 0 Å². The molecule has 1 aliphatic heterocycles. The van der Waals surface area contributed by atoms with Gasteiger partial charge in [-0.3, -0.25) is 0 Å². The average molecular weight is 302 g/mol. The third kappa shape index (κ3) is 4.20. The fourth-order valence-corrected chi connectivity index (χ4v) is 4.69. The normalized spacial score (nSPS) is 23.4. The Morgan fingerprint density at radius 3 is 2.58 bits per heavy atom. The third-order valence-electron chi connectivity index (χ3n) is 3.67. The average Bonchev–Trinajstić information content (AvgIpc) is 2.72. The van der Waals surface area contributed by atoms with Gasteiger partial charge in [-0.15, -0.1) is 0 Å². The van der Waals surface area contributed by atoms with Gasteiger partial charge < -0.3 is 5.32 Å². The molecule has 1 fully saturated rings. The van der Waals surface area contributed by atoms with Crippen LogP contribution in [0.4, 0.5) is 0 Å². The van der Waals surface area contributed by atoms with Gasteiger partial charge in [-0.25, -0.2) is 8.42 Å². The second-order valence-corrected chi connectivity index (χ2v) is 7.82. The zero-order chi connectivity index (χ0) is 13.9. The summed E-state index contributed by atoms with van der Waals surface area (Å²) in [5, 5.41) is 4.16. The molecule has 0 radical (unpaired) electrons. The number of hydrogen-bond acceptors (Lipinski definition) is 3. The molecule has 0 saturated carbocycles. The molecule has 5 heteroatoms. The summed E-state index contributed by atoms with van der Waals surface area (Å²) in [5.74, 6) is 0.874. The minimum atomic E-state index is -2.82. The lowest BCUT2D eigenvalue weighted by molar-refractivity contribution is 0.386. The predicted octanol–water partition coefficient (Wildman–Crippen LogP) is 2.30. The quantitative estimate of drug-likeness (QED) is 0.908. The summed E-state index contributed by atoms with van der Waals surface area (Å²) >= 11 is 5.88. The fourth-order valence-electron chi connectivity index (χ4n) is 2.68. The number of rotatable bonds is 5. The molecule has 0 amide bonds. The van der Waals surface area contributed by atoms with E-state index in [1.807, 2.05) is 24.3 Å². The Bertz CT molecular complexity index is 513. The van der Waals surface area contributed by atoms with Gasteiger partial charge in [0.25, 0.3) is 0 Å². The van der Waals surface area contributed by atoms with Crippen molar-refractivity contribution in [3.63, 3.8) is 0 Å². The van der Waals surface area contributed by atoms with Gasteiger partial charge >= 0.3 is 0 Å². The first kappa shape index (κ1) is 14.8. The highest BCUT2D eigenvalue weighted by Crippen LogP contribution is 2.24. The van der Waals surface area contributed by atoms with Crippen molar-refractivity contribution in [2.45, 2.75) is 25.8 Å². The zero-order valence-corrected chi connectivity index (χ0v) is 12.7. The van der Waals surface area contributed by atoms with Crippen molar-refractivity contribution in [2.75, 3.05) is 18.1 Å². The molecule has 1 aromatic carbocycles. The van der Waals surface area contributed by atoms with E-state index in [-0.39, 0.29) is 12.0 Å². The Balaban J connectivity index is 2.06. The summed E-state index contributed by atoms with van der Waals surface area (Å²) in [6.45, 7) is 2.91. The standard InChI is InChI=1S/C14H20ClNO2S/c1-2-16-14(12-7-8-19(17,18)10-12)9-11-3-5-13(15)6-4-11/h3-6,12,14,16H,2,7-10H2,1H3. The molecule has 1 N–H and O–H groups in total. The fraction of sp³-hybridized carbons (Fsp3) is 0.571. The van der Waals surface area contributed by atoms with E-state index in [9.17, 15) is 8.42 Å². The molecule has 0 bridgehead atoms. The van der Waals surface area contributed by atoms with E-state index in [2.05, 4.69) is 12.2 Å². The number of sulfone groups is 1. The van der Waals surface area contributed by atoms with Gasteiger partial charge in [-0.05, 0) is 43.0 Å². The highest BCUT2D eigenvalue weighted by molar-refractivity contribution is 7.91. The van der Waals surface area contributed by atoms with Gasteiger partial charge in [-0.1, -0.05) is 30.7 Å². The number of benzene rings is 1. The van der Waals surface area contributed by atoms with Crippen LogP contribution in [0.25, 0.3) is 0 Å². The first-order valence-electron chi connectivity index (χ1n) is 6.68. The molecule has 1 saturated heterocycles. The van der Waals surface area contributed by atoms with Crippen LogP contribution in [-0.2, 0) is 16.3 Å². The molecule has 1 heterocycles. The van der Waals surface area contributed by atoms with Gasteiger partial charge in [0.1, 0.15) is 0 Å². The minimum absolute atomic E-state index is 0.223. The first-order chi connectivity index (χ1) is 9.00. The summed E-state index contributed by atoms with van der Waals surface area (Å²) in [6.07, 6.45) is 1.62. The second kappa shape index (κ2) is 6.25. The molecular formula is C14H20ClNO2S. The lowest BCUT2D eigenvalue weighted by Gasteiger charge is -2.23. The maximum Gasteiger partial charge on any atom is 0.150 e. The van der Waals surface area contributed by atoms with Gasteiger partial charge in [0.15, 0.2) is 9.84 Å². The van der Waals surface area contributed by atoms with Crippen LogP contribution in [0.2, 0.25) is 5.02 Å². The summed E-state index contributed by atoms with van der Waals surface area (Å²) in [4.78, 5) is 0. The lowest BCUT2D eigenvalue weighted by Crippen LogP contribution is -2.38. The molecular weight excluding hydrogens is 282 g/mol. The van der Waals surface area contributed by atoms with Crippen molar-refractivity contribution in [3.05, 3.63) is 34.9 Å². The van der Waals surface area contributed by atoms with Crippen LogP contribution < -0.4 is 5.32 Å². The van der Waals surface area contributed by atoms with Crippen molar-refractivity contribution in [1.29, 1.82) is 0 Å². The van der Waals surface area contributed by atoms with Crippen LogP contribution >= 0.6 is 11.6 Å². The van der Waals surface area contributed by atoms with Crippen LogP contribution in [-0.4, -0.2) is 32.5 Å². The monoisotopic (exact) mass is 301 g/mol. The summed E-state index contributed by atoms with van der Waals surface area (Å²) < 4.78 is 23.2. The highest BCUT2D eigenvalue weighted by atomic mass is 35.5. The van der Waals surface area contributed by atoms with E-state index in [4.69, 9.17) is 11.6 Å². The molecule has 0 aliphatic carbocycles. The van der Waals surface area contributed by atoms with Crippen molar-refractivity contribution in [2.24, 2.45) is 5.92 Å². The van der Waals surface area contributed by atoms with Crippen molar-refractivity contribution < 1.29 is 8.42 Å². The zero-order valence-electron chi connectivity index (χ0n) is 11.1. The van der Waals surface area contributed by atoms with Gasteiger partial charge in [-0.2, -0.15) is 0 Å². The van der Waals surface area contributed by atoms with E-state index in [0.717, 1.165) is 24.4 Å². The molecule has 0 aromatic heterocycles. The van der Waals surface area contributed by atoms with Crippen LogP contribution in [0.3, 0.4) is 0 Å². The lowest BCUT2D eigenvalue weighted by atomic mass is 9.93.